The summed E-state index contributed by atoms with van der Waals surface area (Å²) in [4.78, 5) is 4.50. The molecule has 1 N–H and O–H groups in total. The number of nitrogens with one attached hydrogen (secondary N) is 1. The largest absolute Gasteiger partial charge is 0.468 e. The summed E-state index contributed by atoms with van der Waals surface area (Å²) < 4.78 is 7.57. The molecule has 0 unspecified atom stereocenters. The number of imidazole rings is 1. The van der Waals surface area contributed by atoms with Gasteiger partial charge in [-0.1, -0.05) is 0 Å². The molecule has 2 aromatic heterocycles. The molecule has 0 radical (unpaired) electrons. The highest BCUT2D eigenvalue weighted by atomic mass is 16.3. The first-order valence-electron chi connectivity index (χ1n) is 6.69. The number of fused-ring (bicyclic) bond motifs is 1. The SMILES string of the molecule is c1coc(CNCCn2cnc3c2CCCC3)c1. The Morgan fingerprint density at radius 2 is 2.28 bits per heavy atom. The van der Waals surface area contributed by atoms with Crippen LogP contribution in [0, 0.1) is 0 Å². The van der Waals surface area contributed by atoms with Gasteiger partial charge in [0.15, 0.2) is 0 Å². The molecule has 0 fully saturated rings. The van der Waals surface area contributed by atoms with E-state index in [9.17, 15) is 0 Å². The van der Waals surface area contributed by atoms with Gasteiger partial charge in [0, 0.05) is 18.8 Å². The molecule has 96 valence electrons. The fraction of sp³-hybridized carbons (Fsp3) is 0.500. The Kier molecular flexibility index (Phi) is 3.46. The summed E-state index contributed by atoms with van der Waals surface area (Å²) in [6.45, 7) is 2.73. The summed E-state index contributed by atoms with van der Waals surface area (Å²) in [6, 6.07) is 3.91. The normalized spacial score (nSPS) is 14.7. The van der Waals surface area contributed by atoms with E-state index in [0.29, 0.717) is 0 Å². The average molecular weight is 245 g/mol. The maximum absolute atomic E-state index is 5.28. The number of aryl methyl sites for hydroxylation is 1. The lowest BCUT2D eigenvalue weighted by molar-refractivity contribution is 0.473. The molecule has 4 nitrogen and oxygen atoms in total. The predicted octanol–water partition coefficient (Wildman–Crippen LogP) is 2.14. The Morgan fingerprint density at radius 1 is 1.33 bits per heavy atom. The second kappa shape index (κ2) is 5.40. The molecular weight excluding hydrogens is 226 g/mol. The van der Waals surface area contributed by atoms with Crippen molar-refractivity contribution in [1.29, 1.82) is 0 Å². The van der Waals surface area contributed by atoms with Gasteiger partial charge in [-0.05, 0) is 37.8 Å². The highest BCUT2D eigenvalue weighted by Crippen LogP contribution is 2.19. The van der Waals surface area contributed by atoms with E-state index in [1.54, 1.807) is 6.26 Å². The molecule has 1 aliphatic rings. The Hall–Kier alpha value is -1.55. The van der Waals surface area contributed by atoms with E-state index in [1.165, 1.54) is 30.7 Å². The van der Waals surface area contributed by atoms with Crippen LogP contribution in [-0.2, 0) is 25.9 Å². The van der Waals surface area contributed by atoms with Gasteiger partial charge in [-0.3, -0.25) is 0 Å². The Labute approximate surface area is 107 Å². The second-order valence-electron chi connectivity index (χ2n) is 4.79. The van der Waals surface area contributed by atoms with Crippen LogP contribution in [0.1, 0.15) is 30.0 Å². The van der Waals surface area contributed by atoms with E-state index in [-0.39, 0.29) is 0 Å². The summed E-state index contributed by atoms with van der Waals surface area (Å²) in [5, 5.41) is 3.39. The molecule has 3 rings (SSSR count). The van der Waals surface area contributed by atoms with Gasteiger partial charge in [-0.2, -0.15) is 0 Å². The zero-order chi connectivity index (χ0) is 12.2. The highest BCUT2D eigenvalue weighted by molar-refractivity contribution is 5.16. The summed E-state index contributed by atoms with van der Waals surface area (Å²) in [7, 11) is 0. The van der Waals surface area contributed by atoms with Crippen molar-refractivity contribution in [1.82, 2.24) is 14.9 Å². The van der Waals surface area contributed by atoms with Crippen LogP contribution in [-0.4, -0.2) is 16.1 Å². The van der Waals surface area contributed by atoms with Gasteiger partial charge in [-0.15, -0.1) is 0 Å². The molecule has 4 heteroatoms. The van der Waals surface area contributed by atoms with E-state index >= 15 is 0 Å². The van der Waals surface area contributed by atoms with Crippen LogP contribution in [0.15, 0.2) is 29.1 Å². The number of hydrogen-bond donors (Lipinski definition) is 1. The smallest absolute Gasteiger partial charge is 0.117 e. The second-order valence-corrected chi connectivity index (χ2v) is 4.79. The predicted molar refractivity (Wildman–Crippen MR) is 69.3 cm³/mol. The lowest BCUT2D eigenvalue weighted by atomic mass is 10.0. The first-order valence-corrected chi connectivity index (χ1v) is 6.69. The highest BCUT2D eigenvalue weighted by Gasteiger charge is 2.14. The molecule has 0 aliphatic heterocycles. The first-order chi connectivity index (χ1) is 8.93. The van der Waals surface area contributed by atoms with Crippen LogP contribution in [0.25, 0.3) is 0 Å². The zero-order valence-corrected chi connectivity index (χ0v) is 10.6. The number of aromatic nitrogens is 2. The van der Waals surface area contributed by atoms with Crippen molar-refractivity contribution in [2.45, 2.75) is 38.8 Å². The van der Waals surface area contributed by atoms with E-state index < -0.39 is 0 Å². The van der Waals surface area contributed by atoms with Crippen LogP contribution in [0.3, 0.4) is 0 Å². The molecular formula is C14H19N3O. The van der Waals surface area contributed by atoms with Crippen molar-refractivity contribution in [2.24, 2.45) is 0 Å². The van der Waals surface area contributed by atoms with Crippen LogP contribution < -0.4 is 5.32 Å². The first kappa shape index (κ1) is 11.5. The third-order valence-corrected chi connectivity index (χ3v) is 3.52. The summed E-state index contributed by atoms with van der Waals surface area (Å²) in [5.41, 5.74) is 2.76. The number of nitrogens with zero attached hydrogens (tertiary/aromatic N) is 2. The number of furan rings is 1. The van der Waals surface area contributed by atoms with Crippen LogP contribution >= 0.6 is 0 Å². The Balaban J connectivity index is 1.49. The summed E-state index contributed by atoms with van der Waals surface area (Å²) in [6.07, 6.45) is 8.64. The molecule has 2 heterocycles. The van der Waals surface area contributed by atoms with Gasteiger partial charge in [0.05, 0.1) is 24.8 Å². The molecule has 2 aromatic rings. The fourth-order valence-corrected chi connectivity index (χ4v) is 2.55. The van der Waals surface area contributed by atoms with Crippen LogP contribution in [0.5, 0.6) is 0 Å². The van der Waals surface area contributed by atoms with Gasteiger partial charge in [0.1, 0.15) is 5.76 Å². The summed E-state index contributed by atoms with van der Waals surface area (Å²) in [5.74, 6) is 0.989. The van der Waals surface area contributed by atoms with Gasteiger partial charge < -0.3 is 14.3 Å². The van der Waals surface area contributed by atoms with Crippen LogP contribution in [0.2, 0.25) is 0 Å². The minimum Gasteiger partial charge on any atom is -0.468 e. The summed E-state index contributed by atoms with van der Waals surface area (Å²) >= 11 is 0. The van der Waals surface area contributed by atoms with E-state index in [0.717, 1.165) is 31.8 Å². The Morgan fingerprint density at radius 3 is 3.17 bits per heavy atom. The number of rotatable bonds is 5. The maximum atomic E-state index is 5.28. The van der Waals surface area contributed by atoms with Crippen molar-refractivity contribution in [3.63, 3.8) is 0 Å². The number of hydrogen-bond acceptors (Lipinski definition) is 3. The molecule has 1 aliphatic carbocycles. The molecule has 0 atom stereocenters. The molecule has 0 saturated heterocycles. The zero-order valence-electron chi connectivity index (χ0n) is 10.6. The quantitative estimate of drug-likeness (QED) is 0.821. The lowest BCUT2D eigenvalue weighted by Crippen LogP contribution is -2.20. The molecule has 0 aromatic carbocycles. The van der Waals surface area contributed by atoms with Gasteiger partial charge in [-0.25, -0.2) is 4.98 Å². The van der Waals surface area contributed by atoms with E-state index in [4.69, 9.17) is 4.42 Å². The Bertz CT molecular complexity index is 487. The molecule has 0 spiro atoms. The maximum Gasteiger partial charge on any atom is 0.117 e. The van der Waals surface area contributed by atoms with E-state index in [2.05, 4.69) is 14.9 Å². The molecule has 0 bridgehead atoms. The van der Waals surface area contributed by atoms with Crippen molar-refractivity contribution >= 4 is 0 Å². The molecule has 0 amide bonds. The minimum atomic E-state index is 0.796. The minimum absolute atomic E-state index is 0.796. The van der Waals surface area contributed by atoms with Crippen molar-refractivity contribution in [2.75, 3.05) is 6.54 Å². The molecule has 18 heavy (non-hydrogen) atoms. The van der Waals surface area contributed by atoms with Crippen molar-refractivity contribution < 1.29 is 4.42 Å². The standard InChI is InChI=1S/C14H19N3O/c1-2-6-14-13(5-1)16-11-17(14)8-7-15-10-12-4-3-9-18-12/h3-4,9,11,15H,1-2,5-8,10H2. The van der Waals surface area contributed by atoms with Crippen molar-refractivity contribution in [3.8, 4) is 0 Å². The van der Waals surface area contributed by atoms with Gasteiger partial charge >= 0.3 is 0 Å². The topological polar surface area (TPSA) is 43.0 Å². The van der Waals surface area contributed by atoms with Crippen molar-refractivity contribution in [3.05, 3.63) is 41.9 Å². The van der Waals surface area contributed by atoms with Gasteiger partial charge in [0.25, 0.3) is 0 Å². The lowest BCUT2D eigenvalue weighted by Gasteiger charge is -2.14. The third kappa shape index (κ3) is 2.48. The van der Waals surface area contributed by atoms with E-state index in [1.807, 2.05) is 18.5 Å². The molecule has 0 saturated carbocycles. The third-order valence-electron chi connectivity index (χ3n) is 3.52. The van der Waals surface area contributed by atoms with Gasteiger partial charge in [0.2, 0.25) is 0 Å². The monoisotopic (exact) mass is 245 g/mol. The fourth-order valence-electron chi connectivity index (χ4n) is 2.55. The average Bonchev–Trinajstić information content (AvgIpc) is 3.04. The van der Waals surface area contributed by atoms with Crippen LogP contribution in [0.4, 0.5) is 0 Å².